The van der Waals surface area contributed by atoms with E-state index in [1.165, 1.54) is 24.6 Å². The molecule has 8 heteroatoms. The monoisotopic (exact) mass is 453 g/mol. The third kappa shape index (κ3) is 4.60. The highest BCUT2D eigenvalue weighted by Crippen LogP contribution is 2.30. The van der Waals surface area contributed by atoms with Crippen molar-refractivity contribution in [3.05, 3.63) is 52.8 Å². The van der Waals surface area contributed by atoms with Gasteiger partial charge in [-0.05, 0) is 37.1 Å². The molecule has 1 fully saturated rings. The fourth-order valence-corrected chi connectivity index (χ4v) is 4.85. The predicted octanol–water partition coefficient (Wildman–Crippen LogP) is 3.90. The lowest BCUT2D eigenvalue weighted by atomic mass is 10.2. The van der Waals surface area contributed by atoms with Gasteiger partial charge in [-0.15, -0.1) is 0 Å². The molecular formula is C24H27N3O4S. The number of rotatable bonds is 6. The molecule has 0 atom stereocenters. The number of benzene rings is 2. The number of nitrogens with zero attached hydrogens (tertiary/aromatic N) is 3. The molecule has 1 aliphatic heterocycles. The van der Waals surface area contributed by atoms with Crippen LogP contribution in [-0.2, 0) is 4.79 Å². The highest BCUT2D eigenvalue weighted by molar-refractivity contribution is 7.99. The van der Waals surface area contributed by atoms with E-state index in [-0.39, 0.29) is 17.2 Å². The van der Waals surface area contributed by atoms with E-state index in [9.17, 15) is 9.59 Å². The summed E-state index contributed by atoms with van der Waals surface area (Å²) in [7, 11) is 3.12. The fraction of sp³-hybridized carbons (Fsp3) is 0.375. The molecule has 7 nitrogen and oxygen atoms in total. The van der Waals surface area contributed by atoms with Gasteiger partial charge < -0.3 is 14.4 Å². The second-order valence-electron chi connectivity index (χ2n) is 7.68. The molecule has 1 aliphatic rings. The van der Waals surface area contributed by atoms with E-state index < -0.39 is 0 Å². The van der Waals surface area contributed by atoms with Gasteiger partial charge in [0.2, 0.25) is 5.91 Å². The van der Waals surface area contributed by atoms with Crippen LogP contribution in [0.15, 0.2) is 52.4 Å². The van der Waals surface area contributed by atoms with E-state index in [1.54, 1.807) is 43.1 Å². The van der Waals surface area contributed by atoms with Crippen molar-refractivity contribution in [2.24, 2.45) is 0 Å². The minimum Gasteiger partial charge on any atom is -0.493 e. The first-order valence-electron chi connectivity index (χ1n) is 10.8. The van der Waals surface area contributed by atoms with Crippen molar-refractivity contribution in [2.75, 3.05) is 33.1 Å². The van der Waals surface area contributed by atoms with Crippen LogP contribution in [0.4, 0.5) is 0 Å². The molecule has 0 bridgehead atoms. The molecule has 32 heavy (non-hydrogen) atoms. The van der Waals surface area contributed by atoms with Gasteiger partial charge in [0, 0.05) is 19.2 Å². The Morgan fingerprint density at radius 3 is 2.44 bits per heavy atom. The summed E-state index contributed by atoms with van der Waals surface area (Å²) in [6, 6.07) is 12.5. The smallest absolute Gasteiger partial charge is 0.266 e. The van der Waals surface area contributed by atoms with Crippen LogP contribution in [0.25, 0.3) is 16.6 Å². The molecule has 0 unspecified atom stereocenters. The summed E-state index contributed by atoms with van der Waals surface area (Å²) in [6.07, 6.45) is 4.42. The van der Waals surface area contributed by atoms with Gasteiger partial charge in [-0.2, -0.15) is 0 Å². The normalized spacial score (nSPS) is 14.2. The fourth-order valence-electron chi connectivity index (χ4n) is 3.94. The molecular weight excluding hydrogens is 426 g/mol. The Labute approximate surface area is 191 Å². The average molecular weight is 454 g/mol. The van der Waals surface area contributed by atoms with Gasteiger partial charge in [0.25, 0.3) is 5.56 Å². The van der Waals surface area contributed by atoms with E-state index in [1.807, 2.05) is 23.1 Å². The maximum absolute atomic E-state index is 13.4. The van der Waals surface area contributed by atoms with Crippen LogP contribution in [0.3, 0.4) is 0 Å². The third-order valence-electron chi connectivity index (χ3n) is 5.65. The molecule has 3 aromatic rings. The zero-order valence-electron chi connectivity index (χ0n) is 18.4. The van der Waals surface area contributed by atoms with E-state index in [0.29, 0.717) is 33.2 Å². The van der Waals surface area contributed by atoms with Crippen molar-refractivity contribution in [2.45, 2.75) is 30.8 Å². The summed E-state index contributed by atoms with van der Waals surface area (Å²) < 4.78 is 12.3. The summed E-state index contributed by atoms with van der Waals surface area (Å²) in [5.41, 5.74) is 1.03. The second-order valence-corrected chi connectivity index (χ2v) is 8.62. The number of hydrogen-bond donors (Lipinski definition) is 0. The lowest BCUT2D eigenvalue weighted by Gasteiger charge is -2.20. The Morgan fingerprint density at radius 2 is 1.72 bits per heavy atom. The zero-order chi connectivity index (χ0) is 22.5. The van der Waals surface area contributed by atoms with Crippen LogP contribution in [0, 0.1) is 0 Å². The number of para-hydroxylation sites is 1. The first-order valence-corrected chi connectivity index (χ1v) is 11.8. The number of ether oxygens (including phenoxy) is 2. The number of thioether (sulfide) groups is 1. The molecule has 2 heterocycles. The van der Waals surface area contributed by atoms with Crippen LogP contribution in [0.5, 0.6) is 11.5 Å². The maximum atomic E-state index is 13.4. The van der Waals surface area contributed by atoms with E-state index >= 15 is 0 Å². The molecule has 4 rings (SSSR count). The summed E-state index contributed by atoms with van der Waals surface area (Å²) >= 11 is 1.29. The van der Waals surface area contributed by atoms with Crippen LogP contribution in [-0.4, -0.2) is 53.4 Å². The van der Waals surface area contributed by atoms with Crippen LogP contribution >= 0.6 is 11.8 Å². The minimum atomic E-state index is -0.187. The maximum Gasteiger partial charge on any atom is 0.266 e. The molecule has 0 N–H and O–H groups in total. The SMILES string of the molecule is COc1ccc(-n2c(SCC(=O)N3CCCCCC3)nc3ccccc3c2=O)cc1OC. The summed E-state index contributed by atoms with van der Waals surface area (Å²) in [5, 5.41) is 0.995. The molecule has 168 valence electrons. The average Bonchev–Trinajstić information content (AvgIpc) is 3.12. The van der Waals surface area contributed by atoms with Crippen molar-refractivity contribution in [1.82, 2.24) is 14.5 Å². The zero-order valence-corrected chi connectivity index (χ0v) is 19.2. The molecule has 2 aromatic carbocycles. The standard InChI is InChI=1S/C24H27N3O4S/c1-30-20-12-11-17(15-21(20)31-2)27-23(29)18-9-5-6-10-19(18)25-24(27)32-16-22(28)26-13-7-3-4-8-14-26/h5-6,9-12,15H,3-4,7-8,13-14,16H2,1-2H3. The van der Waals surface area contributed by atoms with Crippen molar-refractivity contribution in [3.63, 3.8) is 0 Å². The molecule has 1 aromatic heterocycles. The number of likely N-dealkylation sites (tertiary alicyclic amines) is 1. The number of aromatic nitrogens is 2. The second kappa shape index (κ2) is 10.1. The molecule has 0 spiro atoms. The number of amides is 1. The summed E-state index contributed by atoms with van der Waals surface area (Å²) in [5.74, 6) is 1.40. The number of carbonyl (C=O) groups excluding carboxylic acids is 1. The number of methoxy groups -OCH3 is 2. The van der Waals surface area contributed by atoms with Crippen molar-refractivity contribution in [1.29, 1.82) is 0 Å². The topological polar surface area (TPSA) is 73.7 Å². The molecule has 0 saturated carbocycles. The van der Waals surface area contributed by atoms with Crippen LogP contribution < -0.4 is 15.0 Å². The summed E-state index contributed by atoms with van der Waals surface area (Å²) in [6.45, 7) is 1.60. The minimum absolute atomic E-state index is 0.0816. The predicted molar refractivity (Wildman–Crippen MR) is 126 cm³/mol. The Kier molecular flexibility index (Phi) is 6.99. The van der Waals surface area contributed by atoms with Gasteiger partial charge in [-0.3, -0.25) is 14.2 Å². The lowest BCUT2D eigenvalue weighted by Crippen LogP contribution is -2.33. The highest BCUT2D eigenvalue weighted by atomic mass is 32.2. The number of fused-ring (bicyclic) bond motifs is 1. The van der Waals surface area contributed by atoms with Crippen LogP contribution in [0.2, 0.25) is 0 Å². The van der Waals surface area contributed by atoms with Crippen molar-refractivity contribution in [3.8, 4) is 17.2 Å². The molecule has 1 saturated heterocycles. The van der Waals surface area contributed by atoms with Gasteiger partial charge in [0.1, 0.15) is 0 Å². The van der Waals surface area contributed by atoms with Gasteiger partial charge in [-0.1, -0.05) is 36.7 Å². The van der Waals surface area contributed by atoms with Gasteiger partial charge in [-0.25, -0.2) is 4.98 Å². The Balaban J connectivity index is 1.73. The van der Waals surface area contributed by atoms with E-state index in [0.717, 1.165) is 25.9 Å². The third-order valence-corrected chi connectivity index (χ3v) is 6.58. The van der Waals surface area contributed by atoms with Gasteiger partial charge in [0.05, 0.1) is 36.6 Å². The lowest BCUT2D eigenvalue weighted by molar-refractivity contribution is -0.128. The first-order chi connectivity index (χ1) is 15.6. The van der Waals surface area contributed by atoms with E-state index in [2.05, 4.69) is 0 Å². The number of hydrogen-bond acceptors (Lipinski definition) is 6. The Morgan fingerprint density at radius 1 is 1.00 bits per heavy atom. The number of carbonyl (C=O) groups is 1. The summed E-state index contributed by atoms with van der Waals surface area (Å²) in [4.78, 5) is 33.0. The van der Waals surface area contributed by atoms with E-state index in [4.69, 9.17) is 14.5 Å². The molecule has 1 amide bonds. The largest absolute Gasteiger partial charge is 0.493 e. The van der Waals surface area contributed by atoms with Crippen LogP contribution in [0.1, 0.15) is 25.7 Å². The molecule has 0 radical (unpaired) electrons. The Hall–Kier alpha value is -3.00. The Bertz CT molecular complexity index is 1170. The van der Waals surface area contributed by atoms with Gasteiger partial charge >= 0.3 is 0 Å². The highest BCUT2D eigenvalue weighted by Gasteiger charge is 2.19. The van der Waals surface area contributed by atoms with Crippen molar-refractivity contribution < 1.29 is 14.3 Å². The first kappa shape index (κ1) is 22.2. The van der Waals surface area contributed by atoms with Crippen molar-refractivity contribution >= 4 is 28.6 Å². The van der Waals surface area contributed by atoms with Gasteiger partial charge in [0.15, 0.2) is 16.7 Å². The quantitative estimate of drug-likeness (QED) is 0.416. The molecule has 0 aliphatic carbocycles.